The van der Waals surface area contributed by atoms with E-state index in [1.54, 1.807) is 36.4 Å². The van der Waals surface area contributed by atoms with E-state index in [0.29, 0.717) is 35.9 Å². The molecular formula is C26H30N2O5S. The van der Waals surface area contributed by atoms with Crippen LogP contribution in [0.25, 0.3) is 0 Å². The van der Waals surface area contributed by atoms with E-state index in [4.69, 9.17) is 9.47 Å². The SMILES string of the molecule is CCOc1ccc(NS(=O)(=O)c2ccc(NC(=O)[C@@H](CC)Oc3ccc(C)c(C)c3)cc2)cc1. The number of nitrogens with one attached hydrogen (secondary N) is 2. The van der Waals surface area contributed by atoms with Gasteiger partial charge in [0.15, 0.2) is 6.10 Å². The van der Waals surface area contributed by atoms with E-state index < -0.39 is 16.1 Å². The standard InChI is InChI=1S/C26H30N2O5S/c1-5-25(33-23-12-7-18(3)19(4)17-23)26(29)27-20-10-15-24(16-11-20)34(30,31)28-21-8-13-22(14-9-21)32-6-2/h7-17,25,28H,5-6H2,1-4H3,(H,27,29)/t25-/m1/s1. The molecule has 7 nitrogen and oxygen atoms in total. The second kappa shape index (κ2) is 11.1. The van der Waals surface area contributed by atoms with Crippen LogP contribution in [0.15, 0.2) is 71.6 Å². The zero-order chi connectivity index (χ0) is 24.7. The lowest BCUT2D eigenvalue weighted by Crippen LogP contribution is -2.32. The van der Waals surface area contributed by atoms with Crippen molar-refractivity contribution < 1.29 is 22.7 Å². The highest BCUT2D eigenvalue weighted by atomic mass is 32.2. The highest BCUT2D eigenvalue weighted by Gasteiger charge is 2.20. The van der Waals surface area contributed by atoms with Gasteiger partial charge < -0.3 is 14.8 Å². The van der Waals surface area contributed by atoms with E-state index in [1.807, 2.05) is 45.9 Å². The Kier molecular flexibility index (Phi) is 8.17. The van der Waals surface area contributed by atoms with Gasteiger partial charge in [-0.05, 0) is 99.0 Å². The molecule has 0 spiro atoms. The topological polar surface area (TPSA) is 93.7 Å². The first kappa shape index (κ1) is 25.1. The Morgan fingerprint density at radius 2 is 1.47 bits per heavy atom. The van der Waals surface area contributed by atoms with Crippen LogP contribution in [0.1, 0.15) is 31.4 Å². The summed E-state index contributed by atoms with van der Waals surface area (Å²) in [7, 11) is -3.78. The lowest BCUT2D eigenvalue weighted by molar-refractivity contribution is -0.122. The highest BCUT2D eigenvalue weighted by molar-refractivity contribution is 7.92. The normalized spacial score (nSPS) is 12.0. The smallest absolute Gasteiger partial charge is 0.265 e. The zero-order valence-corrected chi connectivity index (χ0v) is 20.6. The summed E-state index contributed by atoms with van der Waals surface area (Å²) in [6, 6.07) is 18.4. The molecular weight excluding hydrogens is 452 g/mol. The van der Waals surface area contributed by atoms with Crippen LogP contribution in [0.5, 0.6) is 11.5 Å². The van der Waals surface area contributed by atoms with E-state index in [1.165, 1.54) is 12.1 Å². The lowest BCUT2D eigenvalue weighted by Gasteiger charge is -2.18. The third kappa shape index (κ3) is 6.51. The number of rotatable bonds is 10. The molecule has 0 radical (unpaired) electrons. The molecule has 0 unspecified atom stereocenters. The van der Waals surface area contributed by atoms with Crippen LogP contribution in [0.4, 0.5) is 11.4 Å². The first-order valence-corrected chi connectivity index (χ1v) is 12.6. The van der Waals surface area contributed by atoms with Crippen molar-refractivity contribution in [2.24, 2.45) is 0 Å². The summed E-state index contributed by atoms with van der Waals surface area (Å²) in [5, 5.41) is 2.79. The minimum atomic E-state index is -3.78. The maximum Gasteiger partial charge on any atom is 0.265 e. The molecule has 1 amide bonds. The molecule has 0 saturated carbocycles. The van der Waals surface area contributed by atoms with Gasteiger partial charge in [-0.2, -0.15) is 0 Å². The van der Waals surface area contributed by atoms with Crippen molar-refractivity contribution >= 4 is 27.3 Å². The summed E-state index contributed by atoms with van der Waals surface area (Å²) in [6.07, 6.45) is -0.191. The maximum atomic E-state index is 12.7. The van der Waals surface area contributed by atoms with Gasteiger partial charge in [-0.3, -0.25) is 9.52 Å². The summed E-state index contributed by atoms with van der Waals surface area (Å²) in [5.41, 5.74) is 3.14. The number of ether oxygens (including phenoxy) is 2. The summed E-state index contributed by atoms with van der Waals surface area (Å²) in [4.78, 5) is 12.8. The molecule has 1 atom stereocenters. The molecule has 34 heavy (non-hydrogen) atoms. The van der Waals surface area contributed by atoms with Gasteiger partial charge >= 0.3 is 0 Å². The molecule has 2 N–H and O–H groups in total. The Morgan fingerprint density at radius 1 is 0.853 bits per heavy atom. The van der Waals surface area contributed by atoms with Crippen LogP contribution in [0.3, 0.4) is 0 Å². The van der Waals surface area contributed by atoms with Gasteiger partial charge in [0.25, 0.3) is 15.9 Å². The Hall–Kier alpha value is -3.52. The molecule has 180 valence electrons. The predicted octanol–water partition coefficient (Wildman–Crippen LogP) is 5.30. The molecule has 3 rings (SSSR count). The number of amides is 1. The average molecular weight is 483 g/mol. The quantitative estimate of drug-likeness (QED) is 0.409. The van der Waals surface area contributed by atoms with E-state index >= 15 is 0 Å². The summed E-state index contributed by atoms with van der Waals surface area (Å²) >= 11 is 0. The van der Waals surface area contributed by atoms with Gasteiger partial charge in [-0.1, -0.05) is 13.0 Å². The second-order valence-corrected chi connectivity index (χ2v) is 9.52. The van der Waals surface area contributed by atoms with Crippen molar-refractivity contribution in [3.8, 4) is 11.5 Å². The van der Waals surface area contributed by atoms with Crippen molar-refractivity contribution in [3.05, 3.63) is 77.9 Å². The number of hydrogen-bond donors (Lipinski definition) is 2. The van der Waals surface area contributed by atoms with Crippen LogP contribution in [-0.4, -0.2) is 27.0 Å². The Labute approximate surface area is 201 Å². The van der Waals surface area contributed by atoms with Crippen LogP contribution in [-0.2, 0) is 14.8 Å². The molecule has 0 aliphatic rings. The van der Waals surface area contributed by atoms with Crippen LogP contribution in [0.2, 0.25) is 0 Å². The fourth-order valence-electron chi connectivity index (χ4n) is 3.21. The third-order valence-corrected chi connectivity index (χ3v) is 6.67. The van der Waals surface area contributed by atoms with Crippen molar-refractivity contribution in [3.63, 3.8) is 0 Å². The number of carbonyl (C=O) groups is 1. The number of sulfonamides is 1. The van der Waals surface area contributed by atoms with Gasteiger partial charge in [-0.15, -0.1) is 0 Å². The van der Waals surface area contributed by atoms with Gasteiger partial charge in [0.05, 0.1) is 11.5 Å². The number of carbonyl (C=O) groups excluding carboxylic acids is 1. The van der Waals surface area contributed by atoms with Gasteiger partial charge in [0.2, 0.25) is 0 Å². The van der Waals surface area contributed by atoms with Crippen molar-refractivity contribution in [2.75, 3.05) is 16.6 Å². The van der Waals surface area contributed by atoms with Crippen molar-refractivity contribution in [2.45, 2.75) is 45.1 Å². The molecule has 3 aromatic rings. The molecule has 3 aromatic carbocycles. The molecule has 0 bridgehead atoms. The van der Waals surface area contributed by atoms with Crippen LogP contribution >= 0.6 is 0 Å². The number of aryl methyl sites for hydroxylation is 2. The molecule has 0 fully saturated rings. The van der Waals surface area contributed by atoms with E-state index in [2.05, 4.69) is 10.0 Å². The minimum Gasteiger partial charge on any atom is -0.494 e. The Morgan fingerprint density at radius 3 is 2.06 bits per heavy atom. The third-order valence-electron chi connectivity index (χ3n) is 5.27. The monoisotopic (exact) mass is 482 g/mol. The van der Waals surface area contributed by atoms with Crippen molar-refractivity contribution in [1.82, 2.24) is 0 Å². The van der Waals surface area contributed by atoms with Crippen LogP contribution in [0, 0.1) is 13.8 Å². The molecule has 0 aliphatic carbocycles. The predicted molar refractivity (Wildman–Crippen MR) is 134 cm³/mol. The Balaban J connectivity index is 1.64. The van der Waals surface area contributed by atoms with E-state index in [-0.39, 0.29) is 10.8 Å². The zero-order valence-electron chi connectivity index (χ0n) is 19.8. The second-order valence-electron chi connectivity index (χ2n) is 7.84. The summed E-state index contributed by atoms with van der Waals surface area (Å²) in [6.45, 7) is 8.28. The summed E-state index contributed by atoms with van der Waals surface area (Å²) < 4.78 is 39.2. The van der Waals surface area contributed by atoms with Gasteiger partial charge in [-0.25, -0.2) is 8.42 Å². The maximum absolute atomic E-state index is 12.7. The first-order chi connectivity index (χ1) is 16.2. The summed E-state index contributed by atoms with van der Waals surface area (Å²) in [5.74, 6) is 0.994. The van der Waals surface area contributed by atoms with Gasteiger partial charge in [0, 0.05) is 11.4 Å². The highest BCUT2D eigenvalue weighted by Crippen LogP contribution is 2.22. The van der Waals surface area contributed by atoms with Crippen molar-refractivity contribution in [1.29, 1.82) is 0 Å². The molecule has 0 heterocycles. The molecule has 0 aromatic heterocycles. The van der Waals surface area contributed by atoms with Gasteiger partial charge in [0.1, 0.15) is 11.5 Å². The fraction of sp³-hybridized carbons (Fsp3) is 0.269. The van der Waals surface area contributed by atoms with Crippen LogP contribution < -0.4 is 19.5 Å². The molecule has 0 aliphatic heterocycles. The number of hydrogen-bond acceptors (Lipinski definition) is 5. The van der Waals surface area contributed by atoms with E-state index in [0.717, 1.165) is 11.1 Å². The molecule has 0 saturated heterocycles. The molecule has 8 heteroatoms. The number of anilines is 2. The number of benzene rings is 3. The fourth-order valence-corrected chi connectivity index (χ4v) is 4.27. The Bertz CT molecular complexity index is 1220. The minimum absolute atomic E-state index is 0.0813. The first-order valence-electron chi connectivity index (χ1n) is 11.1. The lowest BCUT2D eigenvalue weighted by atomic mass is 10.1. The van der Waals surface area contributed by atoms with E-state index in [9.17, 15) is 13.2 Å². The largest absolute Gasteiger partial charge is 0.494 e. The average Bonchev–Trinajstić information content (AvgIpc) is 2.81.